The van der Waals surface area contributed by atoms with Crippen LogP contribution in [0.15, 0.2) is 47.7 Å². The van der Waals surface area contributed by atoms with E-state index in [1.54, 1.807) is 18.3 Å². The van der Waals surface area contributed by atoms with Crippen molar-refractivity contribution < 1.29 is 22.0 Å². The average Bonchev–Trinajstić information content (AvgIpc) is 2.47. The van der Waals surface area contributed by atoms with Crippen molar-refractivity contribution in [3.63, 3.8) is 0 Å². The van der Waals surface area contributed by atoms with Gasteiger partial charge in [0.25, 0.3) is 0 Å². The molecule has 2 rings (SSSR count). The van der Waals surface area contributed by atoms with Crippen molar-refractivity contribution in [3.8, 4) is 11.9 Å². The average molecular weight is 314 g/mol. The van der Waals surface area contributed by atoms with Crippen LogP contribution in [0, 0.1) is 11.5 Å². The second-order valence-electron chi connectivity index (χ2n) is 4.11. The van der Waals surface area contributed by atoms with Crippen LogP contribution in [0.2, 0.25) is 0 Å². The lowest BCUT2D eigenvalue weighted by atomic mass is 10.2. The highest BCUT2D eigenvalue weighted by molar-refractivity contribution is 5.31. The molecule has 114 valence electrons. The van der Waals surface area contributed by atoms with Crippen LogP contribution in [0.25, 0.3) is 5.69 Å². The highest BCUT2D eigenvalue weighted by atomic mass is 19.4. The Bertz CT molecular complexity index is 768. The molecule has 0 aliphatic carbocycles. The van der Waals surface area contributed by atoms with Crippen LogP contribution in [-0.4, -0.2) is 15.7 Å². The fraction of sp³-hybridized carbons (Fsp3) is 0.154. The van der Waals surface area contributed by atoms with E-state index in [1.807, 2.05) is 0 Å². The summed E-state index contributed by atoms with van der Waals surface area (Å²) in [6.07, 6.45) is -1.84. The number of nitrogens with zero attached hydrogens (tertiary/aromatic N) is 4. The molecule has 0 unspecified atom stereocenters. The Hall–Kier alpha value is -2.76. The SMILES string of the molecule is N#CN=c1ccccn1-c1ccc(C(F)(F)C(F)(F)F)nc1. The van der Waals surface area contributed by atoms with Crippen LogP contribution in [-0.2, 0) is 5.92 Å². The number of nitriles is 1. The molecule has 0 amide bonds. The van der Waals surface area contributed by atoms with Crippen LogP contribution < -0.4 is 5.49 Å². The molecule has 0 bridgehead atoms. The van der Waals surface area contributed by atoms with E-state index in [2.05, 4.69) is 9.98 Å². The molecule has 0 spiro atoms. The molecule has 0 saturated carbocycles. The molecule has 2 aromatic rings. The number of hydrogen-bond donors (Lipinski definition) is 0. The first-order chi connectivity index (χ1) is 10.3. The Morgan fingerprint density at radius 1 is 1.09 bits per heavy atom. The van der Waals surface area contributed by atoms with E-state index in [9.17, 15) is 22.0 Å². The molecule has 0 N–H and O–H groups in total. The molecule has 0 radical (unpaired) electrons. The fourth-order valence-corrected chi connectivity index (χ4v) is 1.65. The maximum absolute atomic E-state index is 13.1. The third-order valence-electron chi connectivity index (χ3n) is 2.71. The van der Waals surface area contributed by atoms with Gasteiger partial charge in [0.2, 0.25) is 6.19 Å². The third kappa shape index (κ3) is 2.81. The first-order valence-electron chi connectivity index (χ1n) is 5.79. The summed E-state index contributed by atoms with van der Waals surface area (Å²) in [6.45, 7) is 0. The summed E-state index contributed by atoms with van der Waals surface area (Å²) in [6, 6.07) is 6.26. The van der Waals surface area contributed by atoms with Crippen LogP contribution in [0.1, 0.15) is 5.69 Å². The van der Waals surface area contributed by atoms with Crippen molar-refractivity contribution in [3.05, 3.63) is 53.9 Å². The number of rotatable bonds is 2. The van der Waals surface area contributed by atoms with Gasteiger partial charge in [-0.05, 0) is 24.3 Å². The second kappa shape index (κ2) is 5.55. The number of alkyl halides is 5. The minimum absolute atomic E-state index is 0.183. The molecule has 0 aliphatic rings. The van der Waals surface area contributed by atoms with E-state index in [0.717, 1.165) is 12.3 Å². The van der Waals surface area contributed by atoms with E-state index < -0.39 is 17.8 Å². The maximum atomic E-state index is 13.1. The van der Waals surface area contributed by atoms with Gasteiger partial charge in [-0.3, -0.25) is 9.55 Å². The standard InChI is InChI=1S/C13H7F5N4/c14-12(15,13(16,17)18)10-5-4-9(7-20-10)22-6-2-1-3-11(22)21-8-19/h1-7H. The summed E-state index contributed by atoms with van der Waals surface area (Å²) in [5, 5.41) is 8.56. The number of pyridine rings is 2. The monoisotopic (exact) mass is 314 g/mol. The smallest absolute Gasteiger partial charge is 0.300 e. The van der Waals surface area contributed by atoms with E-state index in [0.29, 0.717) is 6.07 Å². The lowest BCUT2D eigenvalue weighted by Gasteiger charge is -2.19. The Morgan fingerprint density at radius 2 is 1.82 bits per heavy atom. The summed E-state index contributed by atoms with van der Waals surface area (Å²) >= 11 is 0. The van der Waals surface area contributed by atoms with Crippen molar-refractivity contribution in [2.45, 2.75) is 12.1 Å². The van der Waals surface area contributed by atoms with Gasteiger partial charge < -0.3 is 0 Å². The van der Waals surface area contributed by atoms with Gasteiger partial charge >= 0.3 is 12.1 Å². The molecule has 0 aliphatic heterocycles. The van der Waals surface area contributed by atoms with Gasteiger partial charge in [0.15, 0.2) is 0 Å². The summed E-state index contributed by atoms with van der Waals surface area (Å²) in [5.41, 5.74) is -1.03. The molecule has 4 nitrogen and oxygen atoms in total. The van der Waals surface area contributed by atoms with E-state index in [4.69, 9.17) is 5.26 Å². The number of aromatic nitrogens is 2. The minimum atomic E-state index is -5.72. The van der Waals surface area contributed by atoms with Gasteiger partial charge in [-0.25, -0.2) is 0 Å². The van der Waals surface area contributed by atoms with E-state index >= 15 is 0 Å². The summed E-state index contributed by atoms with van der Waals surface area (Å²) < 4.78 is 64.4. The van der Waals surface area contributed by atoms with Crippen LogP contribution in [0.4, 0.5) is 22.0 Å². The Labute approximate surface area is 120 Å². The Kier molecular flexibility index (Phi) is 3.95. The Morgan fingerprint density at radius 3 is 2.36 bits per heavy atom. The van der Waals surface area contributed by atoms with Gasteiger partial charge in [-0.15, -0.1) is 0 Å². The summed E-state index contributed by atoms with van der Waals surface area (Å²) in [7, 11) is 0. The molecular formula is C13H7F5N4. The summed E-state index contributed by atoms with van der Waals surface area (Å²) in [4.78, 5) is 6.69. The van der Waals surface area contributed by atoms with Gasteiger partial charge in [0, 0.05) is 6.20 Å². The van der Waals surface area contributed by atoms with Crippen molar-refractivity contribution in [2.75, 3.05) is 0 Å². The van der Waals surface area contributed by atoms with Crippen molar-refractivity contribution in [1.29, 1.82) is 5.26 Å². The maximum Gasteiger partial charge on any atom is 0.459 e. The molecule has 22 heavy (non-hydrogen) atoms. The lowest BCUT2D eigenvalue weighted by Crippen LogP contribution is -2.34. The zero-order valence-corrected chi connectivity index (χ0v) is 10.7. The predicted molar refractivity (Wildman–Crippen MR) is 64.7 cm³/mol. The topological polar surface area (TPSA) is 54.0 Å². The van der Waals surface area contributed by atoms with Crippen LogP contribution in [0.5, 0.6) is 0 Å². The van der Waals surface area contributed by atoms with Crippen molar-refractivity contribution >= 4 is 0 Å². The van der Waals surface area contributed by atoms with Crippen LogP contribution >= 0.6 is 0 Å². The summed E-state index contributed by atoms with van der Waals surface area (Å²) in [5.74, 6) is -5.03. The highest BCUT2D eigenvalue weighted by Gasteiger charge is 2.59. The van der Waals surface area contributed by atoms with Gasteiger partial charge in [0.05, 0.1) is 11.9 Å². The fourth-order valence-electron chi connectivity index (χ4n) is 1.65. The van der Waals surface area contributed by atoms with Crippen molar-refractivity contribution in [1.82, 2.24) is 9.55 Å². The molecule has 0 saturated heterocycles. The highest BCUT2D eigenvalue weighted by Crippen LogP contribution is 2.42. The van der Waals surface area contributed by atoms with Gasteiger partial charge in [-0.2, -0.15) is 32.2 Å². The molecule has 9 heteroatoms. The molecule has 0 aromatic carbocycles. The zero-order valence-electron chi connectivity index (χ0n) is 10.7. The largest absolute Gasteiger partial charge is 0.459 e. The molecular weight excluding hydrogens is 307 g/mol. The quantitative estimate of drug-likeness (QED) is 0.632. The number of halogens is 5. The molecule has 0 atom stereocenters. The third-order valence-corrected chi connectivity index (χ3v) is 2.71. The second-order valence-corrected chi connectivity index (χ2v) is 4.11. The van der Waals surface area contributed by atoms with Crippen molar-refractivity contribution in [2.24, 2.45) is 4.99 Å². The minimum Gasteiger partial charge on any atom is -0.300 e. The first-order valence-corrected chi connectivity index (χ1v) is 5.79. The lowest BCUT2D eigenvalue weighted by molar-refractivity contribution is -0.290. The van der Waals surface area contributed by atoms with Crippen LogP contribution in [0.3, 0.4) is 0 Å². The predicted octanol–water partition coefficient (Wildman–Crippen LogP) is 2.91. The zero-order chi connectivity index (χ0) is 16.4. The first kappa shape index (κ1) is 15.6. The normalized spacial score (nSPS) is 13.0. The number of hydrogen-bond acceptors (Lipinski definition) is 3. The molecule has 2 aromatic heterocycles. The Balaban J connectivity index is 2.48. The molecule has 0 fully saturated rings. The van der Waals surface area contributed by atoms with Gasteiger partial charge in [-0.1, -0.05) is 6.07 Å². The van der Waals surface area contributed by atoms with E-state index in [-0.39, 0.29) is 11.2 Å². The van der Waals surface area contributed by atoms with Gasteiger partial charge in [0.1, 0.15) is 11.2 Å². The molecule has 2 heterocycles. The van der Waals surface area contributed by atoms with E-state index in [1.165, 1.54) is 16.8 Å².